The van der Waals surface area contributed by atoms with Gasteiger partial charge in [-0.05, 0) is 36.4 Å². The monoisotopic (exact) mass is 437 g/mol. The normalized spacial score (nSPS) is 10.9. The van der Waals surface area contributed by atoms with Crippen molar-refractivity contribution >= 4 is 38.9 Å². The van der Waals surface area contributed by atoms with Crippen molar-refractivity contribution in [2.24, 2.45) is 0 Å². The molecule has 0 unspecified atom stereocenters. The van der Waals surface area contributed by atoms with Crippen molar-refractivity contribution in [3.05, 3.63) is 93.5 Å². The molecule has 0 saturated carbocycles. The summed E-state index contributed by atoms with van der Waals surface area (Å²) in [6.45, 7) is 0. The zero-order valence-corrected chi connectivity index (χ0v) is 16.3. The van der Waals surface area contributed by atoms with Crippen molar-refractivity contribution in [2.75, 3.05) is 4.72 Å². The molecular weight excluding hydrogens is 427 g/mol. The molecule has 0 fully saturated rings. The maximum atomic E-state index is 14.4. The third-order valence-electron chi connectivity index (χ3n) is 3.61. The van der Waals surface area contributed by atoms with Crippen LogP contribution in [-0.4, -0.2) is 8.42 Å². The standard InChI is InChI=1S/C20H11Cl2F2NO2S/c21-15-7-4-8-18(19(15)22)28(26,27)25-20-16(23)11-14(12-17(20)24)10-9-13-5-2-1-3-6-13/h1-8,11-12,25H. The summed E-state index contributed by atoms with van der Waals surface area (Å²) in [5.41, 5.74) is -0.104. The number of benzene rings is 3. The predicted octanol–water partition coefficient (Wildman–Crippen LogP) is 5.47. The molecule has 0 saturated heterocycles. The van der Waals surface area contributed by atoms with Gasteiger partial charge in [0, 0.05) is 11.1 Å². The molecular formula is C20H11Cl2F2NO2S. The Labute approximate surface area is 171 Å². The Kier molecular flexibility index (Phi) is 5.90. The maximum Gasteiger partial charge on any atom is 0.263 e. The van der Waals surface area contributed by atoms with Crippen LogP contribution < -0.4 is 4.72 Å². The second-order valence-corrected chi connectivity index (χ2v) is 8.02. The fourth-order valence-corrected chi connectivity index (χ4v) is 4.13. The van der Waals surface area contributed by atoms with E-state index in [-0.39, 0.29) is 15.6 Å². The second-order valence-electron chi connectivity index (χ2n) is 5.59. The molecule has 0 atom stereocenters. The van der Waals surface area contributed by atoms with Crippen LogP contribution >= 0.6 is 23.2 Å². The zero-order valence-electron chi connectivity index (χ0n) is 14.0. The molecule has 142 valence electrons. The smallest absolute Gasteiger partial charge is 0.263 e. The molecule has 0 aliphatic rings. The van der Waals surface area contributed by atoms with Gasteiger partial charge in [-0.2, -0.15) is 0 Å². The second kappa shape index (κ2) is 8.19. The number of anilines is 1. The Morgan fingerprint density at radius 3 is 2.07 bits per heavy atom. The average Bonchev–Trinajstić information content (AvgIpc) is 2.66. The summed E-state index contributed by atoms with van der Waals surface area (Å²) in [6, 6.07) is 14.7. The molecule has 0 amide bonds. The molecule has 0 aromatic heterocycles. The van der Waals surface area contributed by atoms with Gasteiger partial charge in [-0.15, -0.1) is 0 Å². The summed E-state index contributed by atoms with van der Waals surface area (Å²) >= 11 is 11.7. The van der Waals surface area contributed by atoms with E-state index >= 15 is 0 Å². The first-order valence-electron chi connectivity index (χ1n) is 7.81. The fourth-order valence-electron chi connectivity index (χ4n) is 2.29. The summed E-state index contributed by atoms with van der Waals surface area (Å²) in [6.07, 6.45) is 0. The number of hydrogen-bond acceptors (Lipinski definition) is 2. The van der Waals surface area contributed by atoms with Gasteiger partial charge in [-0.25, -0.2) is 17.2 Å². The van der Waals surface area contributed by atoms with Crippen LogP contribution in [0.4, 0.5) is 14.5 Å². The van der Waals surface area contributed by atoms with E-state index in [4.69, 9.17) is 23.2 Å². The Morgan fingerprint density at radius 1 is 0.821 bits per heavy atom. The van der Waals surface area contributed by atoms with E-state index in [0.717, 1.165) is 12.1 Å². The van der Waals surface area contributed by atoms with Crippen molar-refractivity contribution < 1.29 is 17.2 Å². The van der Waals surface area contributed by atoms with Crippen LogP contribution in [0.15, 0.2) is 65.6 Å². The predicted molar refractivity (Wildman–Crippen MR) is 106 cm³/mol. The summed E-state index contributed by atoms with van der Waals surface area (Å²) < 4.78 is 55.5. The molecule has 1 N–H and O–H groups in total. The van der Waals surface area contributed by atoms with Crippen LogP contribution in [0.2, 0.25) is 10.0 Å². The van der Waals surface area contributed by atoms with Crippen LogP contribution in [0.25, 0.3) is 0 Å². The van der Waals surface area contributed by atoms with Crippen LogP contribution in [0, 0.1) is 23.5 Å². The van der Waals surface area contributed by atoms with E-state index in [1.807, 2.05) is 10.8 Å². The first-order chi connectivity index (χ1) is 13.3. The van der Waals surface area contributed by atoms with Crippen LogP contribution in [-0.2, 0) is 10.0 Å². The molecule has 3 aromatic carbocycles. The maximum absolute atomic E-state index is 14.4. The van der Waals surface area contributed by atoms with Crippen LogP contribution in [0.3, 0.4) is 0 Å². The summed E-state index contributed by atoms with van der Waals surface area (Å²) in [4.78, 5) is -0.395. The lowest BCUT2D eigenvalue weighted by atomic mass is 10.1. The molecule has 0 aliphatic heterocycles. The average molecular weight is 438 g/mol. The lowest BCUT2D eigenvalue weighted by Crippen LogP contribution is -2.16. The van der Waals surface area contributed by atoms with Gasteiger partial charge in [-0.1, -0.05) is 59.3 Å². The van der Waals surface area contributed by atoms with Gasteiger partial charge in [0.1, 0.15) is 10.6 Å². The van der Waals surface area contributed by atoms with Gasteiger partial charge in [0.15, 0.2) is 11.6 Å². The van der Waals surface area contributed by atoms with Gasteiger partial charge in [0.2, 0.25) is 0 Å². The van der Waals surface area contributed by atoms with Gasteiger partial charge < -0.3 is 0 Å². The topological polar surface area (TPSA) is 46.2 Å². The Morgan fingerprint density at radius 2 is 1.43 bits per heavy atom. The van der Waals surface area contributed by atoms with E-state index in [1.165, 1.54) is 18.2 Å². The first kappa shape index (κ1) is 20.2. The SMILES string of the molecule is O=S(=O)(Nc1c(F)cc(C#Cc2ccccc2)cc1F)c1cccc(Cl)c1Cl. The molecule has 0 bridgehead atoms. The van der Waals surface area contributed by atoms with Gasteiger partial charge >= 0.3 is 0 Å². The number of nitrogens with one attached hydrogen (secondary N) is 1. The van der Waals surface area contributed by atoms with E-state index in [9.17, 15) is 17.2 Å². The molecule has 0 aliphatic carbocycles. The van der Waals surface area contributed by atoms with E-state index in [0.29, 0.717) is 5.56 Å². The van der Waals surface area contributed by atoms with Gasteiger partial charge in [0.05, 0.1) is 10.0 Å². The number of halogens is 4. The minimum Gasteiger partial charge on any atom is -0.274 e. The number of sulfonamides is 1. The minimum absolute atomic E-state index is 0.00276. The van der Waals surface area contributed by atoms with Gasteiger partial charge in [-0.3, -0.25) is 4.72 Å². The molecule has 28 heavy (non-hydrogen) atoms. The quantitative estimate of drug-likeness (QED) is 0.552. The lowest BCUT2D eigenvalue weighted by molar-refractivity contribution is 0.582. The van der Waals surface area contributed by atoms with Crippen LogP contribution in [0.1, 0.15) is 11.1 Å². The van der Waals surface area contributed by atoms with Gasteiger partial charge in [0.25, 0.3) is 10.0 Å². The van der Waals surface area contributed by atoms with E-state index in [2.05, 4.69) is 11.8 Å². The number of rotatable bonds is 3. The van der Waals surface area contributed by atoms with E-state index < -0.39 is 32.2 Å². The highest BCUT2D eigenvalue weighted by molar-refractivity contribution is 7.92. The molecule has 8 heteroatoms. The highest BCUT2D eigenvalue weighted by Gasteiger charge is 2.23. The highest BCUT2D eigenvalue weighted by Crippen LogP contribution is 2.31. The summed E-state index contributed by atoms with van der Waals surface area (Å²) in [5.74, 6) is 3.18. The third-order valence-corrected chi connectivity index (χ3v) is 5.93. The highest BCUT2D eigenvalue weighted by atomic mass is 35.5. The summed E-state index contributed by atoms with van der Waals surface area (Å²) in [5, 5.41) is -0.250. The third kappa shape index (κ3) is 4.45. The van der Waals surface area contributed by atoms with Crippen molar-refractivity contribution in [1.82, 2.24) is 0 Å². The molecule has 0 spiro atoms. The van der Waals surface area contributed by atoms with Crippen molar-refractivity contribution in [2.45, 2.75) is 4.90 Å². The Hall–Kier alpha value is -2.59. The van der Waals surface area contributed by atoms with Crippen molar-refractivity contribution in [1.29, 1.82) is 0 Å². The molecule has 3 aromatic rings. The molecule has 0 heterocycles. The van der Waals surface area contributed by atoms with E-state index in [1.54, 1.807) is 24.3 Å². The van der Waals surface area contributed by atoms with Crippen molar-refractivity contribution in [3.63, 3.8) is 0 Å². The lowest BCUT2D eigenvalue weighted by Gasteiger charge is -2.12. The fraction of sp³-hybridized carbons (Fsp3) is 0. The molecule has 3 nitrogen and oxygen atoms in total. The number of hydrogen-bond donors (Lipinski definition) is 1. The van der Waals surface area contributed by atoms with Crippen LogP contribution in [0.5, 0.6) is 0 Å². The Bertz CT molecular complexity index is 1180. The zero-order chi connectivity index (χ0) is 20.3. The van der Waals surface area contributed by atoms with Crippen molar-refractivity contribution in [3.8, 4) is 11.8 Å². The minimum atomic E-state index is -4.36. The first-order valence-corrected chi connectivity index (χ1v) is 10.0. The summed E-state index contributed by atoms with van der Waals surface area (Å²) in [7, 11) is -4.36. The Balaban J connectivity index is 1.94. The molecule has 3 rings (SSSR count). The largest absolute Gasteiger partial charge is 0.274 e. The molecule has 0 radical (unpaired) electrons.